The lowest BCUT2D eigenvalue weighted by atomic mass is 9.99. The molecule has 0 spiro atoms. The summed E-state index contributed by atoms with van der Waals surface area (Å²) in [7, 11) is 0. The summed E-state index contributed by atoms with van der Waals surface area (Å²) in [4.78, 5) is 10.7. The Bertz CT molecular complexity index is 595. The Morgan fingerprint density at radius 2 is 1.65 bits per heavy atom. The minimum absolute atomic E-state index is 0.0173. The molecule has 0 aliphatic heterocycles. The van der Waals surface area contributed by atoms with Crippen LogP contribution in [0.1, 0.15) is 5.56 Å². The zero-order chi connectivity index (χ0) is 12.6. The van der Waals surface area contributed by atoms with E-state index in [4.69, 9.17) is 0 Å². The molecule has 0 heterocycles. The first-order valence-corrected chi connectivity index (χ1v) is 4.80. The lowest BCUT2D eigenvalue weighted by molar-refractivity contribution is -0.143. The molecule has 2 nitrogen and oxygen atoms in total. The van der Waals surface area contributed by atoms with Crippen LogP contribution >= 0.6 is 0 Å². The Morgan fingerprint density at radius 1 is 1.06 bits per heavy atom. The molecule has 0 bridgehead atoms. The first-order valence-electron chi connectivity index (χ1n) is 4.80. The SMILES string of the molecule is NC(=O)C(F)(F)c1ccc(F)c2ccccc12. The zero-order valence-corrected chi connectivity index (χ0v) is 8.58. The highest BCUT2D eigenvalue weighted by molar-refractivity contribution is 5.93. The van der Waals surface area contributed by atoms with Crippen molar-refractivity contribution in [1.82, 2.24) is 0 Å². The number of halogens is 3. The van der Waals surface area contributed by atoms with E-state index in [9.17, 15) is 18.0 Å². The summed E-state index contributed by atoms with van der Waals surface area (Å²) >= 11 is 0. The minimum Gasteiger partial charge on any atom is -0.364 e. The van der Waals surface area contributed by atoms with Crippen LogP contribution in [0.4, 0.5) is 13.2 Å². The van der Waals surface area contributed by atoms with Crippen LogP contribution in [0, 0.1) is 5.82 Å². The average molecular weight is 239 g/mol. The van der Waals surface area contributed by atoms with Crippen LogP contribution in [0.3, 0.4) is 0 Å². The van der Waals surface area contributed by atoms with Gasteiger partial charge in [-0.25, -0.2) is 4.39 Å². The fourth-order valence-corrected chi connectivity index (χ4v) is 1.67. The van der Waals surface area contributed by atoms with Crippen LogP contribution in [0.15, 0.2) is 36.4 Å². The summed E-state index contributed by atoms with van der Waals surface area (Å²) in [5.41, 5.74) is 4.07. The second-order valence-electron chi connectivity index (χ2n) is 3.58. The van der Waals surface area contributed by atoms with Gasteiger partial charge in [-0.3, -0.25) is 4.79 Å². The lowest BCUT2D eigenvalue weighted by Gasteiger charge is -2.15. The van der Waals surface area contributed by atoms with Gasteiger partial charge in [-0.15, -0.1) is 0 Å². The number of hydrogen-bond acceptors (Lipinski definition) is 1. The van der Waals surface area contributed by atoms with Crippen LogP contribution < -0.4 is 5.73 Å². The molecule has 17 heavy (non-hydrogen) atoms. The van der Waals surface area contributed by atoms with E-state index in [1.54, 1.807) is 0 Å². The standard InChI is InChI=1S/C12H8F3NO/c13-10-6-5-9(12(14,15)11(16)17)7-3-1-2-4-8(7)10/h1-6H,(H2,16,17). The molecule has 2 rings (SSSR count). The van der Waals surface area contributed by atoms with Crippen molar-refractivity contribution in [3.8, 4) is 0 Å². The van der Waals surface area contributed by atoms with E-state index in [0.29, 0.717) is 0 Å². The maximum absolute atomic E-state index is 13.5. The predicted octanol–water partition coefficient (Wildman–Crippen LogP) is 2.56. The van der Waals surface area contributed by atoms with Gasteiger partial charge in [0.2, 0.25) is 0 Å². The average Bonchev–Trinajstić information content (AvgIpc) is 2.29. The van der Waals surface area contributed by atoms with Crippen molar-refractivity contribution in [2.24, 2.45) is 5.73 Å². The van der Waals surface area contributed by atoms with E-state index in [1.807, 2.05) is 0 Å². The monoisotopic (exact) mass is 239 g/mol. The second-order valence-corrected chi connectivity index (χ2v) is 3.58. The molecule has 0 aliphatic carbocycles. The predicted molar refractivity (Wildman–Crippen MR) is 57.0 cm³/mol. The first-order chi connectivity index (χ1) is 7.94. The summed E-state index contributed by atoms with van der Waals surface area (Å²) in [6.45, 7) is 0. The molecule has 5 heteroatoms. The molecule has 0 unspecified atom stereocenters. The van der Waals surface area contributed by atoms with Gasteiger partial charge in [0, 0.05) is 10.9 Å². The summed E-state index contributed by atoms with van der Waals surface area (Å²) in [6.07, 6.45) is 0. The van der Waals surface area contributed by atoms with Crippen LogP contribution in [0.2, 0.25) is 0 Å². The Balaban J connectivity index is 2.80. The smallest absolute Gasteiger partial charge is 0.350 e. The number of fused-ring (bicyclic) bond motifs is 1. The molecule has 2 aromatic rings. The zero-order valence-electron chi connectivity index (χ0n) is 8.58. The third kappa shape index (κ3) is 1.73. The molecule has 0 saturated carbocycles. The first kappa shape index (κ1) is 11.4. The molecular weight excluding hydrogens is 231 g/mol. The molecule has 0 saturated heterocycles. The number of benzene rings is 2. The van der Waals surface area contributed by atoms with E-state index in [-0.39, 0.29) is 10.8 Å². The van der Waals surface area contributed by atoms with Crippen molar-refractivity contribution in [2.45, 2.75) is 5.92 Å². The summed E-state index contributed by atoms with van der Waals surface area (Å²) in [6, 6.07) is 7.48. The number of hydrogen-bond donors (Lipinski definition) is 1. The molecular formula is C12H8F3NO. The Labute approximate surface area is 94.8 Å². The number of carbonyl (C=O) groups excluding carboxylic acids is 1. The highest BCUT2D eigenvalue weighted by Crippen LogP contribution is 2.34. The molecule has 0 aromatic heterocycles. The van der Waals surface area contributed by atoms with Gasteiger partial charge in [-0.05, 0) is 17.5 Å². The van der Waals surface area contributed by atoms with Gasteiger partial charge in [0.05, 0.1) is 0 Å². The van der Waals surface area contributed by atoms with Crippen LogP contribution in [-0.2, 0) is 10.7 Å². The third-order valence-corrected chi connectivity index (χ3v) is 2.52. The number of primary amides is 1. The molecule has 0 fully saturated rings. The van der Waals surface area contributed by atoms with Gasteiger partial charge in [-0.1, -0.05) is 24.3 Å². The number of carbonyl (C=O) groups is 1. The molecule has 2 N–H and O–H groups in total. The van der Waals surface area contributed by atoms with Crippen molar-refractivity contribution in [3.63, 3.8) is 0 Å². The van der Waals surface area contributed by atoms with E-state index >= 15 is 0 Å². The molecule has 0 atom stereocenters. The van der Waals surface area contributed by atoms with Gasteiger partial charge in [-0.2, -0.15) is 8.78 Å². The van der Waals surface area contributed by atoms with Crippen molar-refractivity contribution in [1.29, 1.82) is 0 Å². The minimum atomic E-state index is -3.81. The largest absolute Gasteiger partial charge is 0.364 e. The molecule has 88 valence electrons. The van der Waals surface area contributed by atoms with Crippen molar-refractivity contribution < 1.29 is 18.0 Å². The maximum Gasteiger partial charge on any atom is 0.350 e. The highest BCUT2D eigenvalue weighted by atomic mass is 19.3. The quantitative estimate of drug-likeness (QED) is 0.859. The normalized spacial score (nSPS) is 11.7. The fraction of sp³-hybridized carbons (Fsp3) is 0.0833. The van der Waals surface area contributed by atoms with Crippen molar-refractivity contribution >= 4 is 16.7 Å². The van der Waals surface area contributed by atoms with Gasteiger partial charge >= 0.3 is 5.92 Å². The number of nitrogens with two attached hydrogens (primary N) is 1. The van der Waals surface area contributed by atoms with Gasteiger partial charge in [0.15, 0.2) is 0 Å². The Morgan fingerprint density at radius 3 is 2.24 bits per heavy atom. The van der Waals surface area contributed by atoms with Gasteiger partial charge in [0.1, 0.15) is 5.82 Å². The van der Waals surface area contributed by atoms with Crippen LogP contribution in [0.25, 0.3) is 10.8 Å². The van der Waals surface area contributed by atoms with E-state index in [1.165, 1.54) is 24.3 Å². The number of rotatable bonds is 2. The third-order valence-electron chi connectivity index (χ3n) is 2.52. The second kappa shape index (κ2) is 3.76. The lowest BCUT2D eigenvalue weighted by Crippen LogP contribution is -2.33. The molecule has 2 aromatic carbocycles. The van der Waals surface area contributed by atoms with Gasteiger partial charge in [0.25, 0.3) is 5.91 Å². The van der Waals surface area contributed by atoms with Crippen molar-refractivity contribution in [3.05, 3.63) is 47.8 Å². The molecule has 0 aliphatic rings. The maximum atomic E-state index is 13.5. The number of alkyl halides is 2. The summed E-state index contributed by atoms with van der Waals surface area (Å²) in [5, 5.41) is 0.0159. The summed E-state index contributed by atoms with van der Waals surface area (Å²) in [5.74, 6) is -6.19. The summed E-state index contributed by atoms with van der Waals surface area (Å²) < 4.78 is 40.5. The molecule has 0 radical (unpaired) electrons. The van der Waals surface area contributed by atoms with Crippen LogP contribution in [-0.4, -0.2) is 5.91 Å². The fourth-order valence-electron chi connectivity index (χ4n) is 1.67. The van der Waals surface area contributed by atoms with E-state index < -0.39 is 23.2 Å². The topological polar surface area (TPSA) is 43.1 Å². The molecule has 1 amide bonds. The van der Waals surface area contributed by atoms with E-state index in [0.717, 1.165) is 12.1 Å². The van der Waals surface area contributed by atoms with Crippen molar-refractivity contribution in [2.75, 3.05) is 0 Å². The van der Waals surface area contributed by atoms with E-state index in [2.05, 4.69) is 5.73 Å². The Kier molecular flexibility index (Phi) is 2.53. The Hall–Kier alpha value is -2.04. The number of amides is 1. The van der Waals surface area contributed by atoms with Crippen LogP contribution in [0.5, 0.6) is 0 Å². The highest BCUT2D eigenvalue weighted by Gasteiger charge is 2.40. The van der Waals surface area contributed by atoms with Gasteiger partial charge < -0.3 is 5.73 Å².